The maximum Gasteiger partial charge on any atom is 0.410 e. The molecule has 6 aromatic rings. The molecule has 1 aromatic heterocycles. The predicted octanol–water partition coefficient (Wildman–Crippen LogP) is 8.97. The maximum atomic E-state index is 13.2. The van der Waals surface area contributed by atoms with E-state index in [4.69, 9.17) is 13.9 Å². The highest BCUT2D eigenvalue weighted by molar-refractivity contribution is 5.95. The van der Waals surface area contributed by atoms with Crippen LogP contribution in [-0.4, -0.2) is 47.7 Å². The van der Waals surface area contributed by atoms with Crippen LogP contribution in [0.5, 0.6) is 5.75 Å². The molecule has 52 heavy (non-hydrogen) atoms. The molecule has 9 nitrogen and oxygen atoms in total. The predicted molar refractivity (Wildman–Crippen MR) is 200 cm³/mol. The summed E-state index contributed by atoms with van der Waals surface area (Å²) in [4.78, 5) is 32.7. The lowest BCUT2D eigenvalue weighted by molar-refractivity contribution is 0.0651. The van der Waals surface area contributed by atoms with Crippen molar-refractivity contribution in [2.45, 2.75) is 38.8 Å². The van der Waals surface area contributed by atoms with Gasteiger partial charge in [0.15, 0.2) is 5.58 Å². The van der Waals surface area contributed by atoms with Crippen molar-refractivity contribution in [3.8, 4) is 45.5 Å². The molecule has 1 aliphatic rings. The first-order chi connectivity index (χ1) is 25.2. The molecule has 0 bridgehead atoms. The van der Waals surface area contributed by atoms with Gasteiger partial charge >= 0.3 is 6.09 Å². The number of aromatic nitrogens is 1. The fraction of sp³-hybridized carbons (Fsp3) is 0.209. The van der Waals surface area contributed by atoms with Gasteiger partial charge in [0.1, 0.15) is 16.9 Å². The smallest absolute Gasteiger partial charge is 0.410 e. The number of nitrogens with one attached hydrogen (secondary N) is 1. The summed E-state index contributed by atoms with van der Waals surface area (Å²) in [5.74, 6) is 1.05. The molecule has 0 spiro atoms. The second-order valence-corrected chi connectivity index (χ2v) is 13.5. The first kappa shape index (κ1) is 34.1. The molecule has 9 heteroatoms. The fourth-order valence-corrected chi connectivity index (χ4v) is 6.74. The number of cyclic esters (lactones) is 1. The number of para-hydroxylation sites is 1. The minimum atomic E-state index is -0.925. The number of carbonyl (C=O) groups excluding carboxylic acids is 2. The second-order valence-electron chi connectivity index (χ2n) is 13.5. The highest BCUT2D eigenvalue weighted by Gasteiger charge is 2.42. The van der Waals surface area contributed by atoms with Gasteiger partial charge in [-0.3, -0.25) is 9.69 Å². The van der Waals surface area contributed by atoms with E-state index in [1.807, 2.05) is 81.4 Å². The number of hydrogen-bond donors (Lipinski definition) is 1. The van der Waals surface area contributed by atoms with E-state index in [-0.39, 0.29) is 18.4 Å². The van der Waals surface area contributed by atoms with Gasteiger partial charge in [-0.1, -0.05) is 80.6 Å². The number of carbonyl (C=O) groups is 2. The Kier molecular flexibility index (Phi) is 9.22. The topological polar surface area (TPSA) is 118 Å². The van der Waals surface area contributed by atoms with Crippen LogP contribution in [0.4, 0.5) is 4.79 Å². The number of oxazole rings is 1. The number of hydrogen-bond acceptors (Lipinski definition) is 7. The van der Waals surface area contributed by atoms with E-state index in [1.165, 1.54) is 0 Å². The van der Waals surface area contributed by atoms with E-state index in [9.17, 15) is 14.9 Å². The molecule has 1 saturated heterocycles. The number of nitriles is 1. The number of amides is 2. The van der Waals surface area contributed by atoms with Gasteiger partial charge in [0.25, 0.3) is 5.91 Å². The number of methoxy groups -OCH3 is 1. The van der Waals surface area contributed by atoms with Crippen molar-refractivity contribution < 1.29 is 23.5 Å². The SMILES string of the molecule is COc1ccccc1-c1ccccc1-c1ccccc1CN1CC(C)(CNC(=O)c2ccc(-c3nc4cc(C#N)cc(C(C)C)c4o3)cc2)OC1=O. The minimum absolute atomic E-state index is 0.137. The molecule has 2 heterocycles. The van der Waals surface area contributed by atoms with Crippen molar-refractivity contribution in [3.05, 3.63) is 131 Å². The van der Waals surface area contributed by atoms with Gasteiger partial charge in [-0.2, -0.15) is 5.26 Å². The molecule has 1 atom stereocenters. The van der Waals surface area contributed by atoms with Crippen LogP contribution >= 0.6 is 0 Å². The number of fused-ring (bicyclic) bond motifs is 1. The Labute approximate surface area is 302 Å². The molecular weight excluding hydrogens is 652 g/mol. The highest BCUT2D eigenvalue weighted by Crippen LogP contribution is 2.39. The van der Waals surface area contributed by atoms with Crippen LogP contribution < -0.4 is 10.1 Å². The maximum absolute atomic E-state index is 13.2. The van der Waals surface area contributed by atoms with Gasteiger partial charge in [-0.15, -0.1) is 0 Å². The number of nitrogens with zero attached hydrogens (tertiary/aromatic N) is 3. The molecule has 1 unspecified atom stereocenters. The van der Waals surface area contributed by atoms with Gasteiger partial charge in [0, 0.05) is 28.8 Å². The molecule has 260 valence electrons. The van der Waals surface area contributed by atoms with Crippen molar-refractivity contribution in [2.24, 2.45) is 0 Å². The quantitative estimate of drug-likeness (QED) is 0.152. The van der Waals surface area contributed by atoms with Gasteiger partial charge < -0.3 is 19.2 Å². The fourth-order valence-electron chi connectivity index (χ4n) is 6.74. The van der Waals surface area contributed by atoms with Crippen molar-refractivity contribution in [1.29, 1.82) is 5.26 Å². The number of rotatable bonds is 10. The highest BCUT2D eigenvalue weighted by atomic mass is 16.6. The van der Waals surface area contributed by atoms with E-state index in [0.29, 0.717) is 46.8 Å². The molecule has 1 aliphatic heterocycles. The van der Waals surface area contributed by atoms with Crippen molar-refractivity contribution in [2.75, 3.05) is 20.2 Å². The van der Waals surface area contributed by atoms with Crippen LogP contribution in [0, 0.1) is 11.3 Å². The third-order valence-corrected chi connectivity index (χ3v) is 9.40. The van der Waals surface area contributed by atoms with Crippen molar-refractivity contribution in [1.82, 2.24) is 15.2 Å². The lowest BCUT2D eigenvalue weighted by atomic mass is 9.91. The zero-order chi connectivity index (χ0) is 36.4. The Hall–Kier alpha value is -6.40. The van der Waals surface area contributed by atoms with Crippen LogP contribution in [0.2, 0.25) is 0 Å². The van der Waals surface area contributed by atoms with Crippen LogP contribution in [-0.2, 0) is 11.3 Å². The summed E-state index contributed by atoms with van der Waals surface area (Å²) < 4.78 is 17.6. The van der Waals surface area contributed by atoms with E-state index in [0.717, 1.165) is 39.1 Å². The largest absolute Gasteiger partial charge is 0.496 e. The van der Waals surface area contributed by atoms with Crippen LogP contribution in [0.25, 0.3) is 44.8 Å². The van der Waals surface area contributed by atoms with Crippen LogP contribution in [0.15, 0.2) is 114 Å². The molecule has 1 fully saturated rings. The van der Waals surface area contributed by atoms with E-state index in [2.05, 4.69) is 34.6 Å². The van der Waals surface area contributed by atoms with Gasteiger partial charge in [-0.25, -0.2) is 9.78 Å². The zero-order valence-electron chi connectivity index (χ0n) is 29.5. The van der Waals surface area contributed by atoms with E-state index >= 15 is 0 Å². The summed E-state index contributed by atoms with van der Waals surface area (Å²) in [5.41, 5.74) is 7.97. The molecule has 7 rings (SSSR count). The number of benzene rings is 5. The van der Waals surface area contributed by atoms with Crippen molar-refractivity contribution in [3.63, 3.8) is 0 Å². The molecule has 2 amide bonds. The molecule has 5 aromatic carbocycles. The first-order valence-electron chi connectivity index (χ1n) is 17.2. The van der Waals surface area contributed by atoms with E-state index in [1.54, 1.807) is 42.3 Å². The average molecular weight is 691 g/mol. The van der Waals surface area contributed by atoms with E-state index < -0.39 is 11.7 Å². The zero-order valence-corrected chi connectivity index (χ0v) is 29.5. The Bertz CT molecular complexity index is 2340. The monoisotopic (exact) mass is 690 g/mol. The summed E-state index contributed by atoms with van der Waals surface area (Å²) in [7, 11) is 1.67. The first-order valence-corrected chi connectivity index (χ1v) is 17.2. The summed E-state index contributed by atoms with van der Waals surface area (Å²) in [6, 6.07) is 36.9. The molecule has 0 aliphatic carbocycles. The molecule has 1 N–H and O–H groups in total. The van der Waals surface area contributed by atoms with Crippen LogP contribution in [0.3, 0.4) is 0 Å². The third-order valence-electron chi connectivity index (χ3n) is 9.40. The van der Waals surface area contributed by atoms with Gasteiger partial charge in [0.2, 0.25) is 5.89 Å². The number of ether oxygens (including phenoxy) is 2. The van der Waals surface area contributed by atoms with Gasteiger partial charge in [0.05, 0.1) is 31.8 Å². The Morgan fingerprint density at radius 1 is 0.942 bits per heavy atom. The van der Waals surface area contributed by atoms with Gasteiger partial charge in [-0.05, 0) is 77.6 Å². The summed E-state index contributed by atoms with van der Waals surface area (Å²) in [6.07, 6.45) is -0.435. The van der Waals surface area contributed by atoms with Crippen LogP contribution in [0.1, 0.15) is 53.7 Å². The molecule has 0 saturated carbocycles. The molecular formula is C43H38N4O5. The Morgan fingerprint density at radius 2 is 1.60 bits per heavy atom. The lowest BCUT2D eigenvalue weighted by Crippen LogP contribution is -2.43. The third kappa shape index (κ3) is 6.71. The summed E-state index contributed by atoms with van der Waals surface area (Å²) in [5, 5.41) is 12.4. The summed E-state index contributed by atoms with van der Waals surface area (Å²) in [6.45, 7) is 6.69. The Morgan fingerprint density at radius 3 is 2.29 bits per heavy atom. The lowest BCUT2D eigenvalue weighted by Gasteiger charge is -2.23. The minimum Gasteiger partial charge on any atom is -0.496 e. The second kappa shape index (κ2) is 14.1. The standard InChI is InChI=1S/C43H38N4O5/c1-27(2)36-21-28(23-44)22-37-39(36)51-41(46-37)30-19-17-29(18-20-30)40(48)45-25-43(3)26-47(42(49)52-43)24-31-11-5-6-12-32(31)33-13-7-8-14-34(33)35-15-9-10-16-38(35)50-4/h5-22,27H,24-26H2,1-4H3,(H,45,48). The Balaban J connectivity index is 1.03. The molecule has 0 radical (unpaired) electrons. The summed E-state index contributed by atoms with van der Waals surface area (Å²) >= 11 is 0. The van der Waals surface area contributed by atoms with Crippen molar-refractivity contribution >= 4 is 23.1 Å². The average Bonchev–Trinajstić information content (AvgIpc) is 3.73. The normalized spacial score (nSPS) is 15.5.